The van der Waals surface area contributed by atoms with Crippen LogP contribution in [-0.4, -0.2) is 54.6 Å². The van der Waals surface area contributed by atoms with Gasteiger partial charge in [0.05, 0.1) is 38.6 Å². The average molecular weight is 666 g/mol. The molecule has 0 aliphatic carbocycles. The summed E-state index contributed by atoms with van der Waals surface area (Å²) in [6.07, 6.45) is -0.607. The molecule has 1 N–H and O–H groups in total. The van der Waals surface area contributed by atoms with Gasteiger partial charge in [0.2, 0.25) is 5.28 Å². The minimum atomic E-state index is -0.440. The Hall–Kier alpha value is -3.89. The number of ether oxygens (including phenoxy) is 5. The van der Waals surface area contributed by atoms with Crippen LogP contribution in [0.3, 0.4) is 0 Å². The molecule has 0 radical (unpaired) electrons. The number of halogens is 1. The topological polar surface area (TPSA) is 84.0 Å². The number of aromatic nitrogens is 2. The zero-order valence-corrected chi connectivity index (χ0v) is 27.5. The van der Waals surface area contributed by atoms with Crippen LogP contribution >= 0.6 is 11.6 Å². The van der Waals surface area contributed by atoms with Crippen LogP contribution in [0.25, 0.3) is 10.9 Å². The highest BCUT2D eigenvalue weighted by molar-refractivity contribution is 6.28. The molecular weight excluding hydrogens is 626 g/mol. The van der Waals surface area contributed by atoms with Crippen LogP contribution in [0.5, 0.6) is 0 Å². The highest BCUT2D eigenvalue weighted by Gasteiger charge is 2.47. The van der Waals surface area contributed by atoms with Crippen molar-refractivity contribution in [1.82, 2.24) is 9.97 Å². The van der Waals surface area contributed by atoms with E-state index in [-0.39, 0.29) is 11.4 Å². The molecule has 0 saturated carbocycles. The van der Waals surface area contributed by atoms with Crippen molar-refractivity contribution in [3.8, 4) is 0 Å². The first-order chi connectivity index (χ1) is 23.7. The van der Waals surface area contributed by atoms with E-state index in [1.54, 1.807) is 0 Å². The summed E-state index contributed by atoms with van der Waals surface area (Å²) in [5, 5.41) is 4.56. The lowest BCUT2D eigenvalue weighted by Crippen LogP contribution is -2.37. The van der Waals surface area contributed by atoms with Crippen LogP contribution in [0.1, 0.15) is 34.8 Å². The first-order valence-corrected chi connectivity index (χ1v) is 16.9. The van der Waals surface area contributed by atoms with E-state index in [1.807, 2.05) is 66.7 Å². The fourth-order valence-electron chi connectivity index (χ4n) is 6.33. The van der Waals surface area contributed by atoms with E-state index in [0.717, 1.165) is 59.3 Å². The Morgan fingerprint density at radius 1 is 0.750 bits per heavy atom. The Labute approximate surface area is 286 Å². The molecule has 248 valence electrons. The summed E-state index contributed by atoms with van der Waals surface area (Å²) in [6.45, 7) is 3.96. The van der Waals surface area contributed by atoms with Crippen molar-refractivity contribution in [3.63, 3.8) is 0 Å². The quantitative estimate of drug-likeness (QED) is 0.122. The smallest absolute Gasteiger partial charge is 0.224 e. The number of hydrogen-bond donors (Lipinski definition) is 1. The number of benzene rings is 4. The van der Waals surface area contributed by atoms with Crippen LogP contribution in [0.4, 0.5) is 5.82 Å². The maximum absolute atomic E-state index is 6.83. The maximum Gasteiger partial charge on any atom is 0.224 e. The normalized spacial score (nSPS) is 22.3. The summed E-state index contributed by atoms with van der Waals surface area (Å²) in [4.78, 5) is 9.11. The van der Waals surface area contributed by atoms with Crippen LogP contribution in [-0.2, 0) is 43.5 Å². The van der Waals surface area contributed by atoms with Gasteiger partial charge in [-0.3, -0.25) is 0 Å². The Bertz CT molecular complexity index is 1740. The zero-order valence-electron chi connectivity index (χ0n) is 26.7. The highest BCUT2D eigenvalue weighted by Crippen LogP contribution is 2.40. The third kappa shape index (κ3) is 8.21. The molecule has 5 atom stereocenters. The number of rotatable bonds is 14. The summed E-state index contributed by atoms with van der Waals surface area (Å²) in [5.74, 6) is 1.15. The van der Waals surface area contributed by atoms with Crippen molar-refractivity contribution in [3.05, 3.63) is 137 Å². The van der Waals surface area contributed by atoms with Crippen LogP contribution < -0.4 is 5.32 Å². The first kappa shape index (κ1) is 32.6. The molecule has 7 rings (SSSR count). The predicted octanol–water partition coefficient (Wildman–Crippen LogP) is 7.56. The minimum Gasteiger partial charge on any atom is -0.381 e. The van der Waals surface area contributed by atoms with E-state index in [2.05, 4.69) is 57.7 Å². The van der Waals surface area contributed by atoms with Gasteiger partial charge in [-0.15, -0.1) is 0 Å². The van der Waals surface area contributed by atoms with Gasteiger partial charge in [-0.25, -0.2) is 9.97 Å². The molecule has 3 heterocycles. The molecule has 0 amide bonds. The number of nitrogens with one attached hydrogen (secondary N) is 1. The van der Waals surface area contributed by atoms with Crippen LogP contribution in [0.2, 0.25) is 5.28 Å². The third-order valence-electron chi connectivity index (χ3n) is 8.88. The zero-order chi connectivity index (χ0) is 32.5. The van der Waals surface area contributed by atoms with Gasteiger partial charge in [-0.2, -0.15) is 0 Å². The highest BCUT2D eigenvalue weighted by atomic mass is 35.5. The van der Waals surface area contributed by atoms with Gasteiger partial charge in [0.25, 0.3) is 0 Å². The summed E-state index contributed by atoms with van der Waals surface area (Å²) in [6, 6.07) is 36.6. The molecule has 8 nitrogen and oxygen atoms in total. The Kier molecular flexibility index (Phi) is 10.9. The standard InChI is InChI=1S/C39H40ClN3O5/c40-39-42-33-20-31(16-17-32(33)38(43-39)41-21-30-18-19-44-23-30)35-37(47-25-29-14-8-3-9-15-29)36(46-24-28-12-6-2-7-13-28)34(48-35)26-45-22-27-10-4-1-5-11-27/h1-17,20,30,34-37H,18-19,21-26H2,(H,41,42,43)/t30?,34-,35+,36-,37+/m1/s1. The number of nitrogens with zero attached hydrogens (tertiary/aromatic N) is 2. The van der Waals surface area contributed by atoms with Crippen molar-refractivity contribution < 1.29 is 23.7 Å². The fourth-order valence-corrected chi connectivity index (χ4v) is 6.51. The van der Waals surface area contributed by atoms with Crippen molar-refractivity contribution in [1.29, 1.82) is 0 Å². The Morgan fingerprint density at radius 2 is 1.40 bits per heavy atom. The molecule has 2 saturated heterocycles. The molecule has 2 aliphatic heterocycles. The Balaban J connectivity index is 1.17. The van der Waals surface area contributed by atoms with Gasteiger partial charge in [0.15, 0.2) is 0 Å². The monoisotopic (exact) mass is 665 g/mol. The van der Waals surface area contributed by atoms with E-state index < -0.39 is 18.3 Å². The van der Waals surface area contributed by atoms with E-state index in [4.69, 9.17) is 35.3 Å². The minimum absolute atomic E-state index is 0.185. The lowest BCUT2D eigenvalue weighted by molar-refractivity contribution is -0.0898. The second-order valence-corrected chi connectivity index (χ2v) is 12.7. The summed E-state index contributed by atoms with van der Waals surface area (Å²) >= 11 is 6.45. The van der Waals surface area contributed by atoms with Crippen molar-refractivity contribution in [2.45, 2.75) is 50.7 Å². The van der Waals surface area contributed by atoms with E-state index in [9.17, 15) is 0 Å². The average Bonchev–Trinajstić information content (AvgIpc) is 3.78. The molecule has 2 fully saturated rings. The van der Waals surface area contributed by atoms with E-state index in [1.165, 1.54) is 0 Å². The SMILES string of the molecule is Clc1nc(NCC2CCOC2)c2ccc([C@@H]3O[C@H](COCc4ccccc4)[C@@H](OCc4ccccc4)[C@H]3OCc3ccccc3)cc2n1. The second kappa shape index (κ2) is 16.0. The van der Waals surface area contributed by atoms with E-state index in [0.29, 0.717) is 38.2 Å². The van der Waals surface area contributed by atoms with Gasteiger partial charge < -0.3 is 29.0 Å². The fraction of sp³-hybridized carbons (Fsp3) is 0.333. The lowest BCUT2D eigenvalue weighted by Gasteiger charge is -2.25. The molecule has 1 aromatic heterocycles. The van der Waals surface area contributed by atoms with Gasteiger partial charge in [-0.1, -0.05) is 97.1 Å². The first-order valence-electron chi connectivity index (χ1n) is 16.6. The summed E-state index contributed by atoms with van der Waals surface area (Å²) in [7, 11) is 0. The molecule has 5 aromatic rings. The van der Waals surface area contributed by atoms with Gasteiger partial charge in [-0.05, 0) is 52.4 Å². The van der Waals surface area contributed by atoms with E-state index >= 15 is 0 Å². The predicted molar refractivity (Wildman–Crippen MR) is 186 cm³/mol. The molecule has 0 spiro atoms. The van der Waals surface area contributed by atoms with Crippen LogP contribution in [0, 0.1) is 5.92 Å². The van der Waals surface area contributed by atoms with Gasteiger partial charge >= 0.3 is 0 Å². The molecule has 9 heteroatoms. The Morgan fingerprint density at radius 3 is 2.04 bits per heavy atom. The van der Waals surface area contributed by atoms with Gasteiger partial charge in [0, 0.05) is 24.5 Å². The maximum atomic E-state index is 6.83. The largest absolute Gasteiger partial charge is 0.381 e. The molecule has 4 aromatic carbocycles. The third-order valence-corrected chi connectivity index (χ3v) is 9.05. The van der Waals surface area contributed by atoms with Crippen molar-refractivity contribution in [2.24, 2.45) is 5.92 Å². The number of fused-ring (bicyclic) bond motifs is 1. The number of anilines is 1. The molecule has 2 aliphatic rings. The second-order valence-electron chi connectivity index (χ2n) is 12.3. The van der Waals surface area contributed by atoms with Gasteiger partial charge in [0.1, 0.15) is 30.2 Å². The van der Waals surface area contributed by atoms with Crippen molar-refractivity contribution >= 4 is 28.3 Å². The lowest BCUT2D eigenvalue weighted by atomic mass is 9.99. The molecule has 1 unspecified atom stereocenters. The summed E-state index contributed by atoms with van der Waals surface area (Å²) < 4.78 is 32.0. The van der Waals surface area contributed by atoms with Crippen molar-refractivity contribution in [2.75, 3.05) is 31.7 Å². The molecule has 48 heavy (non-hydrogen) atoms. The van der Waals surface area contributed by atoms with Crippen LogP contribution in [0.15, 0.2) is 109 Å². The number of hydrogen-bond acceptors (Lipinski definition) is 8. The molecular formula is C39H40ClN3O5. The summed E-state index contributed by atoms with van der Waals surface area (Å²) in [5.41, 5.74) is 4.90. The molecule has 0 bridgehead atoms.